The van der Waals surface area contributed by atoms with E-state index in [0.717, 1.165) is 10.7 Å². The number of hydrogen-bond acceptors (Lipinski definition) is 4. The Bertz CT molecular complexity index is 725. The highest BCUT2D eigenvalue weighted by Crippen LogP contribution is 2.38. The van der Waals surface area contributed by atoms with Gasteiger partial charge in [-0.2, -0.15) is 13.9 Å². The van der Waals surface area contributed by atoms with Crippen molar-refractivity contribution in [1.29, 1.82) is 0 Å². The molecule has 2 aromatic heterocycles. The molecule has 4 nitrogen and oxygen atoms in total. The molecule has 2 heterocycles. The van der Waals surface area contributed by atoms with Crippen LogP contribution in [0.4, 0.5) is 13.2 Å². The number of thioether (sulfide) groups is 1. The van der Waals surface area contributed by atoms with E-state index >= 15 is 0 Å². The first kappa shape index (κ1) is 18.2. The monoisotopic (exact) mass is 385 g/mol. The molecule has 0 unspecified atom stereocenters. The topological polar surface area (TPSA) is 39.9 Å². The van der Waals surface area contributed by atoms with E-state index in [4.69, 9.17) is 23.2 Å². The Morgan fingerprint density at radius 3 is 2.48 bits per heavy atom. The zero-order valence-corrected chi connectivity index (χ0v) is 14.6. The highest BCUT2D eigenvalue weighted by atomic mass is 35.5. The number of nitrogens with zero attached hydrogens (tertiary/aromatic N) is 3. The minimum atomic E-state index is -3.08. The van der Waals surface area contributed by atoms with Gasteiger partial charge in [-0.05, 0) is 6.07 Å². The third-order valence-corrected chi connectivity index (χ3v) is 4.36. The van der Waals surface area contributed by atoms with Crippen LogP contribution in [0.3, 0.4) is 0 Å². The number of rotatable bonds is 5. The molecular weight excluding hydrogens is 374 g/mol. The molecule has 0 aliphatic carbocycles. The van der Waals surface area contributed by atoms with E-state index in [0.29, 0.717) is 5.03 Å². The molecule has 0 atom stereocenters. The average molecular weight is 386 g/mol. The Hall–Kier alpha value is -1.12. The number of ether oxygens (including phenoxy) is 1. The molecule has 0 aliphatic rings. The normalized spacial score (nSPS) is 11.6. The van der Waals surface area contributed by atoms with Crippen molar-refractivity contribution in [2.45, 2.75) is 30.7 Å². The fourth-order valence-electron chi connectivity index (χ4n) is 1.77. The Morgan fingerprint density at radius 2 is 1.91 bits per heavy atom. The lowest BCUT2D eigenvalue weighted by Gasteiger charge is -2.08. The van der Waals surface area contributed by atoms with Crippen molar-refractivity contribution in [1.82, 2.24) is 14.8 Å². The SMILES string of the molecule is CC(C)Sc1nc(-c2nn(C)c(OC(F)F)c2Cl)c(F)cc1Cl. The van der Waals surface area contributed by atoms with Crippen LogP contribution in [0.5, 0.6) is 5.88 Å². The molecule has 0 spiro atoms. The summed E-state index contributed by atoms with van der Waals surface area (Å²) in [7, 11) is 1.35. The molecule has 0 saturated carbocycles. The molecule has 2 rings (SSSR count). The summed E-state index contributed by atoms with van der Waals surface area (Å²) >= 11 is 13.3. The maximum atomic E-state index is 14.2. The standard InChI is InChI=1S/C13H12Cl2F3N3OS/c1-5(2)23-11-6(14)4-7(16)9(19-11)10-8(15)12(21(3)20-10)22-13(17)18/h4-5,13H,1-3H3. The van der Waals surface area contributed by atoms with E-state index in [9.17, 15) is 13.2 Å². The fraction of sp³-hybridized carbons (Fsp3) is 0.385. The molecule has 0 N–H and O–H groups in total. The van der Waals surface area contributed by atoms with Crippen LogP contribution in [-0.4, -0.2) is 26.6 Å². The summed E-state index contributed by atoms with van der Waals surface area (Å²) < 4.78 is 44.3. The van der Waals surface area contributed by atoms with Gasteiger partial charge in [0.25, 0.3) is 0 Å². The summed E-state index contributed by atoms with van der Waals surface area (Å²) in [6.45, 7) is 0.771. The molecule has 0 bridgehead atoms. The zero-order chi connectivity index (χ0) is 17.3. The maximum absolute atomic E-state index is 14.2. The van der Waals surface area contributed by atoms with Gasteiger partial charge in [0.1, 0.15) is 21.4 Å². The first-order valence-corrected chi connectivity index (χ1v) is 8.04. The summed E-state index contributed by atoms with van der Waals surface area (Å²) in [5.41, 5.74) is -0.271. The minimum Gasteiger partial charge on any atom is -0.416 e. The predicted octanol–water partition coefficient (Wildman–Crippen LogP) is 5.03. The van der Waals surface area contributed by atoms with Crippen molar-refractivity contribution in [2.75, 3.05) is 0 Å². The van der Waals surface area contributed by atoms with Crippen LogP contribution in [0.25, 0.3) is 11.4 Å². The van der Waals surface area contributed by atoms with Crippen molar-refractivity contribution >= 4 is 35.0 Å². The van der Waals surface area contributed by atoms with Crippen LogP contribution < -0.4 is 4.74 Å². The summed E-state index contributed by atoms with van der Waals surface area (Å²) in [5.74, 6) is -1.13. The van der Waals surface area contributed by atoms with Gasteiger partial charge >= 0.3 is 6.61 Å². The third-order valence-electron chi connectivity index (χ3n) is 2.61. The van der Waals surface area contributed by atoms with Gasteiger partial charge in [0.15, 0.2) is 5.82 Å². The highest BCUT2D eigenvalue weighted by Gasteiger charge is 2.24. The fourth-order valence-corrected chi connectivity index (χ4v) is 3.10. The number of halogens is 5. The molecule has 2 aromatic rings. The van der Waals surface area contributed by atoms with Crippen LogP contribution >= 0.6 is 35.0 Å². The molecule has 0 fully saturated rings. The zero-order valence-electron chi connectivity index (χ0n) is 12.3. The first-order chi connectivity index (χ1) is 10.7. The molecule has 10 heteroatoms. The summed E-state index contributed by atoms with van der Waals surface area (Å²) in [5, 5.41) is 4.38. The van der Waals surface area contributed by atoms with Crippen LogP contribution in [0.15, 0.2) is 11.1 Å². The van der Waals surface area contributed by atoms with Gasteiger partial charge in [-0.15, -0.1) is 11.8 Å². The summed E-state index contributed by atoms with van der Waals surface area (Å²) in [6.07, 6.45) is 0. The molecule has 0 aliphatic heterocycles. The second-order valence-electron chi connectivity index (χ2n) is 4.74. The largest absolute Gasteiger partial charge is 0.416 e. The van der Waals surface area contributed by atoms with E-state index in [1.54, 1.807) is 0 Å². The Morgan fingerprint density at radius 1 is 1.26 bits per heavy atom. The van der Waals surface area contributed by atoms with Crippen LogP contribution in [-0.2, 0) is 7.05 Å². The van der Waals surface area contributed by atoms with Gasteiger partial charge in [0.2, 0.25) is 5.88 Å². The van der Waals surface area contributed by atoms with Crippen molar-refractivity contribution in [3.8, 4) is 17.3 Å². The van der Waals surface area contributed by atoms with Crippen molar-refractivity contribution in [2.24, 2.45) is 7.05 Å². The van der Waals surface area contributed by atoms with E-state index in [2.05, 4.69) is 14.8 Å². The number of aryl methyl sites for hydroxylation is 1. The number of hydrogen-bond donors (Lipinski definition) is 0. The highest BCUT2D eigenvalue weighted by molar-refractivity contribution is 7.99. The van der Waals surface area contributed by atoms with Gasteiger partial charge in [-0.3, -0.25) is 0 Å². The molecule has 0 aromatic carbocycles. The van der Waals surface area contributed by atoms with E-state index in [1.165, 1.54) is 18.8 Å². The second kappa shape index (κ2) is 7.19. The lowest BCUT2D eigenvalue weighted by molar-refractivity contribution is -0.0552. The van der Waals surface area contributed by atoms with Gasteiger partial charge < -0.3 is 4.74 Å². The Kier molecular flexibility index (Phi) is 5.70. The minimum absolute atomic E-state index is 0.0930. The summed E-state index contributed by atoms with van der Waals surface area (Å²) in [4.78, 5) is 4.13. The van der Waals surface area contributed by atoms with E-state index in [-0.39, 0.29) is 32.6 Å². The smallest absolute Gasteiger partial charge is 0.388 e. The van der Waals surface area contributed by atoms with E-state index < -0.39 is 12.4 Å². The Labute approximate surface area is 144 Å². The second-order valence-corrected chi connectivity index (χ2v) is 7.09. The lowest BCUT2D eigenvalue weighted by Crippen LogP contribution is -2.06. The molecule has 23 heavy (non-hydrogen) atoms. The van der Waals surface area contributed by atoms with Crippen LogP contribution in [0.2, 0.25) is 10.0 Å². The molecule has 0 saturated heterocycles. The van der Waals surface area contributed by atoms with Gasteiger partial charge in [-0.1, -0.05) is 37.0 Å². The quantitative estimate of drug-likeness (QED) is 0.676. The van der Waals surface area contributed by atoms with Crippen molar-refractivity contribution in [3.63, 3.8) is 0 Å². The molecule has 0 radical (unpaired) electrons. The van der Waals surface area contributed by atoms with Gasteiger partial charge in [0, 0.05) is 12.3 Å². The van der Waals surface area contributed by atoms with Crippen LogP contribution in [0, 0.1) is 5.82 Å². The predicted molar refractivity (Wildman–Crippen MR) is 84.0 cm³/mol. The first-order valence-electron chi connectivity index (χ1n) is 6.41. The number of pyridine rings is 1. The van der Waals surface area contributed by atoms with Crippen molar-refractivity contribution in [3.05, 3.63) is 21.9 Å². The lowest BCUT2D eigenvalue weighted by atomic mass is 10.2. The van der Waals surface area contributed by atoms with Crippen LogP contribution in [0.1, 0.15) is 13.8 Å². The van der Waals surface area contributed by atoms with Gasteiger partial charge in [-0.25, -0.2) is 14.1 Å². The third kappa shape index (κ3) is 4.05. The van der Waals surface area contributed by atoms with E-state index in [1.807, 2.05) is 13.8 Å². The van der Waals surface area contributed by atoms with Gasteiger partial charge in [0.05, 0.1) is 5.02 Å². The number of aromatic nitrogens is 3. The average Bonchev–Trinajstić information content (AvgIpc) is 2.69. The molecular formula is C13H12Cl2F3N3OS. The maximum Gasteiger partial charge on any atom is 0.388 e. The molecule has 126 valence electrons. The summed E-state index contributed by atoms with van der Waals surface area (Å²) in [6, 6.07) is 1.09. The Balaban J connectivity index is 2.54. The van der Waals surface area contributed by atoms with Crippen molar-refractivity contribution < 1.29 is 17.9 Å². The number of alkyl halides is 2. The molecule has 0 amide bonds.